The number of hydrogen-bond acceptors (Lipinski definition) is 5. The summed E-state index contributed by atoms with van der Waals surface area (Å²) in [5.41, 5.74) is 19.3. The quantitative estimate of drug-likeness (QED) is 0.151. The van der Waals surface area contributed by atoms with Gasteiger partial charge in [-0.1, -0.05) is 212 Å². The molecule has 88 heavy (non-hydrogen) atoms. The standard InChI is InChI=1S/C44H28N6.C35H23N3/c1-4-15-29(16-5-1)42-46-43(30-17-6-2-7-18-30)48-44(47-42)50-38-25-13-11-22-34(38)41-33(23-14-26-39(41)50)36-27-35-32-21-10-12-24-37(32)49(40(35)28-45-36)31-19-8-3-9-20-31;1-3-12-24(13-4-1)37-30-19-9-7-16-27(30)34-26(18-11-21-32(34)37)29-22-23-33-35(36-29)28-17-8-10-20-31(28)38(33)25-14-5-2-6-15-25/h1-28H;1-23H. The number of rotatable bonds is 8. The molecule has 0 unspecified atom stereocenters. The van der Waals surface area contributed by atoms with E-state index >= 15 is 0 Å². The maximum absolute atomic E-state index is 5.33. The van der Waals surface area contributed by atoms with Crippen molar-refractivity contribution in [1.29, 1.82) is 0 Å². The molecule has 9 heteroatoms. The van der Waals surface area contributed by atoms with Crippen LogP contribution >= 0.6 is 0 Å². The van der Waals surface area contributed by atoms with Crippen LogP contribution < -0.4 is 0 Å². The predicted octanol–water partition coefficient (Wildman–Crippen LogP) is 19.4. The molecule has 0 N–H and O–H groups in total. The maximum Gasteiger partial charge on any atom is 0.238 e. The van der Waals surface area contributed by atoms with E-state index in [4.69, 9.17) is 24.9 Å². The Hall–Kier alpha value is -12.1. The van der Waals surface area contributed by atoms with Crippen molar-refractivity contribution in [3.05, 3.63) is 310 Å². The minimum absolute atomic E-state index is 0.565. The van der Waals surface area contributed by atoms with Gasteiger partial charge in [0.25, 0.3) is 0 Å². The summed E-state index contributed by atoms with van der Waals surface area (Å²) in [7, 11) is 0. The first-order valence-corrected chi connectivity index (χ1v) is 29.6. The van der Waals surface area contributed by atoms with E-state index < -0.39 is 0 Å². The largest absolute Gasteiger partial charge is 0.309 e. The van der Waals surface area contributed by atoms with E-state index in [0.717, 1.165) is 111 Å². The van der Waals surface area contributed by atoms with Gasteiger partial charge in [0.1, 0.15) is 0 Å². The first-order valence-electron chi connectivity index (χ1n) is 29.6. The third-order valence-electron chi connectivity index (χ3n) is 17.0. The lowest BCUT2D eigenvalue weighted by Crippen LogP contribution is -2.06. The lowest BCUT2D eigenvalue weighted by atomic mass is 10.0. The van der Waals surface area contributed by atoms with Crippen LogP contribution in [-0.2, 0) is 0 Å². The second kappa shape index (κ2) is 20.9. The summed E-state index contributed by atoms with van der Waals surface area (Å²) in [6.07, 6.45) is 2.01. The van der Waals surface area contributed by atoms with Crippen LogP contribution in [0.4, 0.5) is 0 Å². The van der Waals surface area contributed by atoms with Crippen molar-refractivity contribution in [2.24, 2.45) is 0 Å². The van der Waals surface area contributed by atoms with Gasteiger partial charge < -0.3 is 13.7 Å². The van der Waals surface area contributed by atoms with Gasteiger partial charge in [0, 0.05) is 77.0 Å². The van der Waals surface area contributed by atoms with Gasteiger partial charge in [-0.3, -0.25) is 9.55 Å². The third-order valence-corrected chi connectivity index (χ3v) is 17.0. The van der Waals surface area contributed by atoms with E-state index in [1.165, 1.54) is 27.2 Å². The van der Waals surface area contributed by atoms with Gasteiger partial charge in [0.15, 0.2) is 11.6 Å². The number of fused-ring (bicyclic) bond motifs is 12. The highest BCUT2D eigenvalue weighted by Gasteiger charge is 2.23. The number of benzene rings is 11. The molecule has 0 spiro atoms. The monoisotopic (exact) mass is 1130 g/mol. The normalized spacial score (nSPS) is 11.6. The molecule has 0 aliphatic rings. The highest BCUT2D eigenvalue weighted by Crippen LogP contribution is 2.42. The van der Waals surface area contributed by atoms with Gasteiger partial charge in [-0.2, -0.15) is 9.97 Å². The molecule has 0 saturated carbocycles. The molecule has 412 valence electrons. The van der Waals surface area contributed by atoms with Crippen molar-refractivity contribution >= 4 is 87.4 Å². The van der Waals surface area contributed by atoms with Crippen molar-refractivity contribution < 1.29 is 0 Å². The third kappa shape index (κ3) is 8.28. The van der Waals surface area contributed by atoms with Crippen molar-refractivity contribution in [2.75, 3.05) is 0 Å². The summed E-state index contributed by atoms with van der Waals surface area (Å²) in [6, 6.07) is 106. The molecule has 18 aromatic rings. The molecule has 0 saturated heterocycles. The molecule has 0 aliphatic carbocycles. The fraction of sp³-hybridized carbons (Fsp3) is 0. The Balaban J connectivity index is 0.000000142. The second-order valence-corrected chi connectivity index (χ2v) is 22.0. The van der Waals surface area contributed by atoms with E-state index in [1.54, 1.807) is 0 Å². The number of para-hydroxylation sites is 7. The van der Waals surface area contributed by atoms with Gasteiger partial charge in [-0.05, 0) is 91.0 Å². The Labute approximate surface area is 505 Å². The van der Waals surface area contributed by atoms with E-state index in [2.05, 4.69) is 255 Å². The first-order chi connectivity index (χ1) is 43.7. The number of nitrogens with zero attached hydrogens (tertiary/aromatic N) is 9. The van der Waals surface area contributed by atoms with E-state index in [9.17, 15) is 0 Å². The van der Waals surface area contributed by atoms with Crippen molar-refractivity contribution in [3.8, 4) is 68.3 Å². The summed E-state index contributed by atoms with van der Waals surface area (Å²) >= 11 is 0. The van der Waals surface area contributed by atoms with Gasteiger partial charge in [0.05, 0.1) is 67.2 Å². The van der Waals surface area contributed by atoms with Crippen LogP contribution in [0.3, 0.4) is 0 Å². The topological polar surface area (TPSA) is 84.2 Å². The van der Waals surface area contributed by atoms with Crippen molar-refractivity contribution in [3.63, 3.8) is 0 Å². The number of hydrogen-bond donors (Lipinski definition) is 0. The van der Waals surface area contributed by atoms with Crippen LogP contribution in [0.25, 0.3) is 156 Å². The maximum atomic E-state index is 5.33. The summed E-state index contributed by atoms with van der Waals surface area (Å²) < 4.78 is 9.12. The molecule has 7 heterocycles. The summed E-state index contributed by atoms with van der Waals surface area (Å²) in [5.74, 6) is 1.81. The van der Waals surface area contributed by atoms with Crippen molar-refractivity contribution in [1.82, 2.24) is 43.2 Å². The Morgan fingerprint density at radius 3 is 1.18 bits per heavy atom. The van der Waals surface area contributed by atoms with E-state index in [-0.39, 0.29) is 0 Å². The Morgan fingerprint density at radius 2 is 0.636 bits per heavy atom. The zero-order valence-corrected chi connectivity index (χ0v) is 47.5. The molecule has 0 fully saturated rings. The molecule has 0 aliphatic heterocycles. The van der Waals surface area contributed by atoms with Crippen LogP contribution in [0.5, 0.6) is 0 Å². The molecule has 7 aromatic heterocycles. The molecule has 9 nitrogen and oxygen atoms in total. The van der Waals surface area contributed by atoms with Gasteiger partial charge in [-0.15, -0.1) is 0 Å². The van der Waals surface area contributed by atoms with E-state index in [1.807, 2.05) is 72.9 Å². The minimum Gasteiger partial charge on any atom is -0.309 e. The zero-order chi connectivity index (χ0) is 58.1. The van der Waals surface area contributed by atoms with Crippen LogP contribution in [0.15, 0.2) is 310 Å². The second-order valence-electron chi connectivity index (χ2n) is 22.0. The van der Waals surface area contributed by atoms with Crippen LogP contribution in [0, 0.1) is 0 Å². The lowest BCUT2D eigenvalue weighted by molar-refractivity contribution is 0.953. The van der Waals surface area contributed by atoms with Crippen LogP contribution in [0.1, 0.15) is 0 Å². The van der Waals surface area contributed by atoms with Crippen LogP contribution in [0.2, 0.25) is 0 Å². The number of aromatic nitrogens is 9. The predicted molar refractivity (Wildman–Crippen MR) is 361 cm³/mol. The Bertz CT molecular complexity index is 5610. The van der Waals surface area contributed by atoms with Crippen LogP contribution in [-0.4, -0.2) is 43.2 Å². The molecule has 0 amide bonds. The molecule has 11 aromatic carbocycles. The fourth-order valence-electron chi connectivity index (χ4n) is 13.1. The highest BCUT2D eigenvalue weighted by molar-refractivity contribution is 6.18. The molecular formula is C79H51N9. The molecule has 18 rings (SSSR count). The Kier molecular flexibility index (Phi) is 12.0. The zero-order valence-electron chi connectivity index (χ0n) is 47.5. The summed E-state index contributed by atoms with van der Waals surface area (Å²) in [6.45, 7) is 0. The smallest absolute Gasteiger partial charge is 0.238 e. The number of pyridine rings is 2. The van der Waals surface area contributed by atoms with Gasteiger partial charge in [0.2, 0.25) is 5.95 Å². The molecule has 0 atom stereocenters. The molecule has 0 radical (unpaired) electrons. The lowest BCUT2D eigenvalue weighted by Gasteiger charge is -2.11. The fourth-order valence-corrected chi connectivity index (χ4v) is 13.1. The van der Waals surface area contributed by atoms with Gasteiger partial charge in [-0.25, -0.2) is 9.97 Å². The molecule has 0 bridgehead atoms. The summed E-state index contributed by atoms with van der Waals surface area (Å²) in [4.78, 5) is 25.6. The minimum atomic E-state index is 0.565. The highest BCUT2D eigenvalue weighted by atomic mass is 15.2. The van der Waals surface area contributed by atoms with Gasteiger partial charge >= 0.3 is 0 Å². The first kappa shape index (κ1) is 50.4. The average Bonchev–Trinajstić information content (AvgIpc) is 2.05. The molecular weight excluding hydrogens is 1070 g/mol. The Morgan fingerprint density at radius 1 is 0.239 bits per heavy atom. The van der Waals surface area contributed by atoms with E-state index in [0.29, 0.717) is 17.6 Å². The average molecular weight is 1130 g/mol. The SMILES string of the molecule is c1ccc(-c2nc(-c3ccccc3)nc(-n3c4ccccc4c4c(-c5cc6c7ccccc7n(-c7ccccc7)c6cn5)cccc43)n2)cc1.c1ccc(-n2c3ccccc3c3nc(-c4cccc5c4c4ccccc4n5-c4ccccc4)ccc32)cc1. The summed E-state index contributed by atoms with van der Waals surface area (Å²) in [5, 5.41) is 8.18. The van der Waals surface area contributed by atoms with Crippen molar-refractivity contribution in [2.45, 2.75) is 0 Å².